The maximum Gasteiger partial charge on any atom is 0.224 e. The minimum absolute atomic E-state index is 0.0508. The maximum absolute atomic E-state index is 12.0. The lowest BCUT2D eigenvalue weighted by molar-refractivity contribution is -0.125. The summed E-state index contributed by atoms with van der Waals surface area (Å²) in [6, 6.07) is 15.4. The van der Waals surface area contributed by atoms with Gasteiger partial charge in [0.15, 0.2) is 0 Å². The van der Waals surface area contributed by atoms with Crippen molar-refractivity contribution in [3.63, 3.8) is 0 Å². The smallest absolute Gasteiger partial charge is 0.224 e. The van der Waals surface area contributed by atoms with Gasteiger partial charge in [-0.2, -0.15) is 0 Å². The van der Waals surface area contributed by atoms with Crippen molar-refractivity contribution < 1.29 is 9.53 Å². The minimum Gasteiger partial charge on any atom is -0.457 e. The van der Waals surface area contributed by atoms with Crippen molar-refractivity contribution in [3.8, 4) is 11.5 Å². The van der Waals surface area contributed by atoms with E-state index < -0.39 is 0 Å². The molecule has 0 radical (unpaired) electrons. The maximum atomic E-state index is 12.0. The Hall–Kier alpha value is -2.33. The van der Waals surface area contributed by atoms with Crippen molar-refractivity contribution in [1.82, 2.24) is 5.32 Å². The molecule has 4 heteroatoms. The first-order chi connectivity index (χ1) is 11.0. The first kappa shape index (κ1) is 17.0. The summed E-state index contributed by atoms with van der Waals surface area (Å²) in [7, 11) is 0. The van der Waals surface area contributed by atoms with E-state index in [0.717, 1.165) is 17.1 Å². The average molecular weight is 312 g/mol. The van der Waals surface area contributed by atoms with E-state index in [0.29, 0.717) is 6.54 Å². The molecule has 3 N–H and O–H groups in total. The van der Waals surface area contributed by atoms with E-state index in [2.05, 4.69) is 5.32 Å². The van der Waals surface area contributed by atoms with E-state index in [1.807, 2.05) is 69.3 Å². The highest BCUT2D eigenvalue weighted by Crippen LogP contribution is 2.25. The molecule has 4 nitrogen and oxygen atoms in total. The van der Waals surface area contributed by atoms with Crippen molar-refractivity contribution in [2.45, 2.75) is 33.4 Å². The Morgan fingerprint density at radius 2 is 1.78 bits per heavy atom. The molecule has 23 heavy (non-hydrogen) atoms. The van der Waals surface area contributed by atoms with Crippen LogP contribution in [0.2, 0.25) is 0 Å². The number of hydrogen-bond acceptors (Lipinski definition) is 3. The summed E-state index contributed by atoms with van der Waals surface area (Å²) >= 11 is 0. The van der Waals surface area contributed by atoms with Gasteiger partial charge in [0.1, 0.15) is 11.5 Å². The molecule has 2 unspecified atom stereocenters. The third-order valence-corrected chi connectivity index (χ3v) is 3.88. The molecular weight excluding hydrogens is 288 g/mol. The molecule has 2 atom stereocenters. The third-order valence-electron chi connectivity index (χ3n) is 3.88. The Balaban J connectivity index is 2.05. The lowest BCUT2D eigenvalue weighted by Crippen LogP contribution is -2.38. The lowest BCUT2D eigenvalue weighted by atomic mass is 10.0. The topological polar surface area (TPSA) is 64.3 Å². The first-order valence-electron chi connectivity index (χ1n) is 7.83. The molecule has 2 rings (SSSR count). The molecular formula is C19H24N2O2. The Morgan fingerprint density at radius 1 is 1.13 bits per heavy atom. The zero-order chi connectivity index (χ0) is 16.8. The van der Waals surface area contributed by atoms with Gasteiger partial charge in [0.2, 0.25) is 5.91 Å². The molecule has 2 aromatic rings. The largest absolute Gasteiger partial charge is 0.457 e. The van der Waals surface area contributed by atoms with Gasteiger partial charge >= 0.3 is 0 Å². The quantitative estimate of drug-likeness (QED) is 0.859. The summed E-state index contributed by atoms with van der Waals surface area (Å²) in [5.74, 6) is 1.24. The van der Waals surface area contributed by atoms with E-state index in [1.54, 1.807) is 0 Å². The normalized spacial score (nSPS) is 13.2. The highest BCUT2D eigenvalue weighted by Gasteiger charge is 2.17. The molecule has 0 saturated carbocycles. The van der Waals surface area contributed by atoms with Crippen LogP contribution in [0.5, 0.6) is 11.5 Å². The zero-order valence-electron chi connectivity index (χ0n) is 13.9. The van der Waals surface area contributed by atoms with Gasteiger partial charge in [-0.1, -0.05) is 42.8 Å². The molecule has 0 bridgehead atoms. The van der Waals surface area contributed by atoms with E-state index in [4.69, 9.17) is 10.5 Å². The average Bonchev–Trinajstić information content (AvgIpc) is 2.55. The van der Waals surface area contributed by atoms with Crippen LogP contribution in [-0.2, 0) is 11.3 Å². The molecule has 0 saturated heterocycles. The fourth-order valence-electron chi connectivity index (χ4n) is 2.06. The molecule has 2 aromatic carbocycles. The molecule has 122 valence electrons. The first-order valence-corrected chi connectivity index (χ1v) is 7.83. The molecule has 1 amide bonds. The van der Waals surface area contributed by atoms with Crippen molar-refractivity contribution in [3.05, 3.63) is 59.7 Å². The lowest BCUT2D eigenvalue weighted by Gasteiger charge is -2.16. The fraction of sp³-hybridized carbons (Fsp3) is 0.316. The van der Waals surface area contributed by atoms with Crippen LogP contribution in [0.3, 0.4) is 0 Å². The van der Waals surface area contributed by atoms with Gasteiger partial charge < -0.3 is 15.8 Å². The molecule has 0 aromatic heterocycles. The van der Waals surface area contributed by atoms with Gasteiger partial charge in [-0.15, -0.1) is 0 Å². The second-order valence-electron chi connectivity index (χ2n) is 5.89. The Kier molecular flexibility index (Phi) is 5.77. The van der Waals surface area contributed by atoms with Crippen LogP contribution in [0.15, 0.2) is 48.5 Å². The number of para-hydroxylation sites is 1. The SMILES string of the molecule is Cc1ccc(Oc2ccccc2CNC(=O)C(C)C(C)N)cc1. The summed E-state index contributed by atoms with van der Waals surface area (Å²) in [5.41, 5.74) is 7.88. The molecule has 0 aliphatic rings. The van der Waals surface area contributed by atoms with Crippen LogP contribution < -0.4 is 15.8 Å². The Bertz CT molecular complexity index is 651. The highest BCUT2D eigenvalue weighted by molar-refractivity contribution is 5.79. The van der Waals surface area contributed by atoms with Gasteiger partial charge in [-0.05, 0) is 32.0 Å². The van der Waals surface area contributed by atoms with E-state index in [1.165, 1.54) is 5.56 Å². The monoisotopic (exact) mass is 312 g/mol. The summed E-state index contributed by atoms with van der Waals surface area (Å²) in [6.45, 7) is 6.11. The van der Waals surface area contributed by atoms with Crippen molar-refractivity contribution >= 4 is 5.91 Å². The number of nitrogens with two attached hydrogens (primary N) is 1. The number of carbonyl (C=O) groups is 1. The Morgan fingerprint density at radius 3 is 2.43 bits per heavy atom. The summed E-state index contributed by atoms with van der Waals surface area (Å²) in [6.07, 6.45) is 0. The van der Waals surface area contributed by atoms with Crippen molar-refractivity contribution in [1.29, 1.82) is 0 Å². The molecule has 0 spiro atoms. The van der Waals surface area contributed by atoms with Crippen LogP contribution in [-0.4, -0.2) is 11.9 Å². The van der Waals surface area contributed by atoms with Crippen LogP contribution in [0.1, 0.15) is 25.0 Å². The molecule has 0 heterocycles. The van der Waals surface area contributed by atoms with Crippen LogP contribution in [0.25, 0.3) is 0 Å². The van der Waals surface area contributed by atoms with E-state index in [-0.39, 0.29) is 17.9 Å². The van der Waals surface area contributed by atoms with Crippen molar-refractivity contribution in [2.24, 2.45) is 11.7 Å². The van der Waals surface area contributed by atoms with E-state index >= 15 is 0 Å². The van der Waals surface area contributed by atoms with Crippen LogP contribution >= 0.6 is 0 Å². The molecule has 0 fully saturated rings. The number of aryl methyl sites for hydroxylation is 1. The Labute approximate surface area is 137 Å². The number of carbonyl (C=O) groups excluding carboxylic acids is 1. The minimum atomic E-state index is -0.222. The van der Waals surface area contributed by atoms with E-state index in [9.17, 15) is 4.79 Å². The number of hydrogen-bond donors (Lipinski definition) is 2. The third kappa shape index (κ3) is 4.83. The van der Waals surface area contributed by atoms with Crippen LogP contribution in [0.4, 0.5) is 0 Å². The summed E-state index contributed by atoms with van der Waals surface area (Å²) in [5, 5.41) is 2.92. The van der Waals surface area contributed by atoms with Crippen LogP contribution in [0, 0.1) is 12.8 Å². The number of ether oxygens (including phenoxy) is 1. The highest BCUT2D eigenvalue weighted by atomic mass is 16.5. The number of benzene rings is 2. The second-order valence-corrected chi connectivity index (χ2v) is 5.89. The number of nitrogens with one attached hydrogen (secondary N) is 1. The predicted molar refractivity (Wildman–Crippen MR) is 92.4 cm³/mol. The number of amides is 1. The zero-order valence-corrected chi connectivity index (χ0v) is 13.9. The van der Waals surface area contributed by atoms with Gasteiger partial charge in [0, 0.05) is 24.1 Å². The van der Waals surface area contributed by atoms with Gasteiger partial charge in [0.25, 0.3) is 0 Å². The van der Waals surface area contributed by atoms with Gasteiger partial charge in [-0.25, -0.2) is 0 Å². The summed E-state index contributed by atoms with van der Waals surface area (Å²) in [4.78, 5) is 12.0. The molecule has 0 aliphatic carbocycles. The standard InChI is InChI=1S/C19H24N2O2/c1-13-8-10-17(11-9-13)23-18-7-5-4-6-16(18)12-21-19(22)14(2)15(3)20/h4-11,14-15H,12,20H2,1-3H3,(H,21,22). The molecule has 0 aliphatic heterocycles. The predicted octanol–water partition coefficient (Wildman–Crippen LogP) is 3.39. The van der Waals surface area contributed by atoms with Gasteiger partial charge in [0.05, 0.1) is 0 Å². The second kappa shape index (κ2) is 7.79. The fourth-order valence-corrected chi connectivity index (χ4v) is 2.06. The van der Waals surface area contributed by atoms with Crippen molar-refractivity contribution in [2.75, 3.05) is 0 Å². The van der Waals surface area contributed by atoms with Gasteiger partial charge in [-0.3, -0.25) is 4.79 Å². The summed E-state index contributed by atoms with van der Waals surface area (Å²) < 4.78 is 5.93. The number of rotatable bonds is 6.